The van der Waals surface area contributed by atoms with Crippen LogP contribution in [0.2, 0.25) is 0 Å². The van der Waals surface area contributed by atoms with E-state index in [0.717, 1.165) is 12.8 Å². The monoisotopic (exact) mass is 342 g/mol. The molecule has 1 atom stereocenters. The van der Waals surface area contributed by atoms with E-state index in [1.54, 1.807) is 0 Å². The Morgan fingerprint density at radius 3 is 1.50 bits per heavy atom. The Kier molecular flexibility index (Phi) is 5.93. The van der Waals surface area contributed by atoms with E-state index >= 15 is 0 Å². The Balaban J connectivity index is 1.76. The van der Waals surface area contributed by atoms with E-state index < -0.39 is 0 Å². The highest BCUT2D eigenvalue weighted by Crippen LogP contribution is 2.29. The van der Waals surface area contributed by atoms with E-state index in [-0.39, 0.29) is 0 Å². The first-order chi connectivity index (χ1) is 12.6. The maximum absolute atomic E-state index is 2.31. The van der Waals surface area contributed by atoms with Crippen molar-refractivity contribution in [3.05, 3.63) is 106 Å². The van der Waals surface area contributed by atoms with E-state index in [9.17, 15) is 0 Å². The molecule has 0 aromatic heterocycles. The van der Waals surface area contributed by atoms with Crippen LogP contribution in [-0.2, 0) is 6.42 Å². The second-order valence-electron chi connectivity index (χ2n) is 7.69. The fourth-order valence-corrected chi connectivity index (χ4v) is 3.59. The van der Waals surface area contributed by atoms with Gasteiger partial charge in [-0.15, -0.1) is 0 Å². The van der Waals surface area contributed by atoms with Gasteiger partial charge in [0.1, 0.15) is 0 Å². The Labute approximate surface area is 158 Å². The standard InChI is InChI=1S/C26H30/c1-5-26(25-16-14-23(15-17-25)19(2)3)24-12-10-22(11-13-24)18-21-8-6-20(4)7-9-21/h6-17,19,26H,5,18H2,1-4H3. The van der Waals surface area contributed by atoms with Gasteiger partial charge in [0, 0.05) is 5.92 Å². The molecule has 3 aromatic rings. The van der Waals surface area contributed by atoms with Crippen LogP contribution in [0.15, 0.2) is 72.8 Å². The normalized spacial score (nSPS) is 12.3. The van der Waals surface area contributed by atoms with Crippen molar-refractivity contribution in [2.24, 2.45) is 0 Å². The molecule has 0 aliphatic rings. The van der Waals surface area contributed by atoms with Crippen LogP contribution in [-0.4, -0.2) is 0 Å². The molecule has 0 saturated carbocycles. The molecule has 0 nitrogen and oxygen atoms in total. The van der Waals surface area contributed by atoms with Crippen molar-refractivity contribution in [1.82, 2.24) is 0 Å². The van der Waals surface area contributed by atoms with Crippen LogP contribution in [0.25, 0.3) is 0 Å². The largest absolute Gasteiger partial charge is 0.0645 e. The van der Waals surface area contributed by atoms with Gasteiger partial charge in [0.05, 0.1) is 0 Å². The first-order valence-corrected chi connectivity index (χ1v) is 9.81. The van der Waals surface area contributed by atoms with Crippen molar-refractivity contribution in [3.63, 3.8) is 0 Å². The third kappa shape index (κ3) is 4.43. The first kappa shape index (κ1) is 18.5. The first-order valence-electron chi connectivity index (χ1n) is 9.81. The average molecular weight is 343 g/mol. The van der Waals surface area contributed by atoms with Gasteiger partial charge in [0.2, 0.25) is 0 Å². The Bertz CT molecular complexity index is 805. The van der Waals surface area contributed by atoms with Gasteiger partial charge in [-0.1, -0.05) is 99.1 Å². The van der Waals surface area contributed by atoms with Gasteiger partial charge in [0.15, 0.2) is 0 Å². The Morgan fingerprint density at radius 2 is 1.04 bits per heavy atom. The van der Waals surface area contributed by atoms with E-state index in [4.69, 9.17) is 0 Å². The van der Waals surface area contributed by atoms with Crippen molar-refractivity contribution >= 4 is 0 Å². The highest BCUT2D eigenvalue weighted by Gasteiger charge is 2.12. The smallest absolute Gasteiger partial charge is 0.00867 e. The summed E-state index contributed by atoms with van der Waals surface area (Å²) in [6.45, 7) is 8.91. The zero-order valence-electron chi connectivity index (χ0n) is 16.5. The minimum absolute atomic E-state index is 0.477. The number of hydrogen-bond acceptors (Lipinski definition) is 0. The van der Waals surface area contributed by atoms with Crippen molar-refractivity contribution in [2.45, 2.75) is 52.4 Å². The molecule has 3 rings (SSSR count). The Hall–Kier alpha value is -2.34. The second-order valence-corrected chi connectivity index (χ2v) is 7.69. The molecule has 0 heteroatoms. The molecule has 0 fully saturated rings. The average Bonchev–Trinajstić information content (AvgIpc) is 2.66. The molecule has 0 radical (unpaired) electrons. The molecule has 26 heavy (non-hydrogen) atoms. The van der Waals surface area contributed by atoms with Crippen molar-refractivity contribution < 1.29 is 0 Å². The molecule has 134 valence electrons. The number of benzene rings is 3. The lowest BCUT2D eigenvalue weighted by Crippen LogP contribution is -2.01. The molecule has 0 saturated heterocycles. The van der Waals surface area contributed by atoms with Crippen LogP contribution >= 0.6 is 0 Å². The summed E-state index contributed by atoms with van der Waals surface area (Å²) < 4.78 is 0. The van der Waals surface area contributed by atoms with Crippen LogP contribution in [0.3, 0.4) is 0 Å². The van der Waals surface area contributed by atoms with Gasteiger partial charge in [-0.25, -0.2) is 0 Å². The predicted molar refractivity (Wildman–Crippen MR) is 113 cm³/mol. The van der Waals surface area contributed by atoms with Crippen LogP contribution in [0.4, 0.5) is 0 Å². The molecule has 0 amide bonds. The van der Waals surface area contributed by atoms with Crippen LogP contribution in [0.1, 0.15) is 72.4 Å². The molecular formula is C26H30. The zero-order valence-corrected chi connectivity index (χ0v) is 16.5. The summed E-state index contributed by atoms with van der Waals surface area (Å²) in [5.74, 6) is 1.06. The van der Waals surface area contributed by atoms with Gasteiger partial charge in [-0.2, -0.15) is 0 Å². The van der Waals surface area contributed by atoms with Crippen LogP contribution in [0, 0.1) is 6.92 Å². The molecular weight excluding hydrogens is 312 g/mol. The highest BCUT2D eigenvalue weighted by atomic mass is 14.2. The summed E-state index contributed by atoms with van der Waals surface area (Å²) >= 11 is 0. The number of hydrogen-bond donors (Lipinski definition) is 0. The summed E-state index contributed by atoms with van der Waals surface area (Å²) in [5.41, 5.74) is 8.32. The SMILES string of the molecule is CCC(c1ccc(Cc2ccc(C)cc2)cc1)c1ccc(C(C)C)cc1. The molecule has 0 spiro atoms. The van der Waals surface area contributed by atoms with Gasteiger partial charge >= 0.3 is 0 Å². The van der Waals surface area contributed by atoms with Crippen LogP contribution in [0.5, 0.6) is 0 Å². The van der Waals surface area contributed by atoms with Crippen molar-refractivity contribution in [1.29, 1.82) is 0 Å². The minimum Gasteiger partial charge on any atom is -0.0645 e. The predicted octanol–water partition coefficient (Wildman–Crippen LogP) is 7.25. The fraction of sp³-hybridized carbons (Fsp3) is 0.308. The van der Waals surface area contributed by atoms with Gasteiger partial charge in [0.25, 0.3) is 0 Å². The molecule has 0 aliphatic heterocycles. The lowest BCUT2D eigenvalue weighted by Gasteiger charge is -2.17. The minimum atomic E-state index is 0.477. The maximum Gasteiger partial charge on any atom is 0.00867 e. The number of aryl methyl sites for hydroxylation is 1. The molecule has 0 aliphatic carbocycles. The van der Waals surface area contributed by atoms with E-state index in [1.165, 1.54) is 33.4 Å². The van der Waals surface area contributed by atoms with E-state index in [1.807, 2.05) is 0 Å². The van der Waals surface area contributed by atoms with Gasteiger partial charge in [-0.3, -0.25) is 0 Å². The third-order valence-corrected chi connectivity index (χ3v) is 5.32. The highest BCUT2D eigenvalue weighted by molar-refractivity contribution is 5.37. The molecule has 0 N–H and O–H groups in total. The molecule has 3 aromatic carbocycles. The fourth-order valence-electron chi connectivity index (χ4n) is 3.59. The van der Waals surface area contributed by atoms with Crippen LogP contribution < -0.4 is 0 Å². The quantitative estimate of drug-likeness (QED) is 0.442. The molecule has 0 heterocycles. The third-order valence-electron chi connectivity index (χ3n) is 5.32. The Morgan fingerprint density at radius 1 is 0.615 bits per heavy atom. The van der Waals surface area contributed by atoms with Crippen molar-refractivity contribution in [3.8, 4) is 0 Å². The lowest BCUT2D eigenvalue weighted by molar-refractivity contribution is 0.774. The summed E-state index contributed by atoms with van der Waals surface area (Å²) in [5, 5.41) is 0. The lowest BCUT2D eigenvalue weighted by atomic mass is 9.87. The number of rotatable bonds is 6. The summed E-state index contributed by atoms with van der Waals surface area (Å²) in [6.07, 6.45) is 2.12. The van der Waals surface area contributed by atoms with Gasteiger partial charge in [-0.05, 0) is 53.5 Å². The van der Waals surface area contributed by atoms with Gasteiger partial charge < -0.3 is 0 Å². The van der Waals surface area contributed by atoms with E-state index in [0.29, 0.717) is 11.8 Å². The summed E-state index contributed by atoms with van der Waals surface area (Å²) in [4.78, 5) is 0. The maximum atomic E-state index is 2.31. The van der Waals surface area contributed by atoms with E-state index in [2.05, 4.69) is 100 Å². The van der Waals surface area contributed by atoms with Crippen molar-refractivity contribution in [2.75, 3.05) is 0 Å². The summed E-state index contributed by atoms with van der Waals surface area (Å²) in [6, 6.07) is 27.2. The molecule has 1 unspecified atom stereocenters. The topological polar surface area (TPSA) is 0 Å². The summed E-state index contributed by atoms with van der Waals surface area (Å²) in [7, 11) is 0. The zero-order chi connectivity index (χ0) is 18.5. The second kappa shape index (κ2) is 8.36. The molecule has 0 bridgehead atoms.